The molecule has 0 rings (SSSR count). The van der Waals surface area contributed by atoms with Crippen molar-refractivity contribution in [2.24, 2.45) is 5.92 Å². The van der Waals surface area contributed by atoms with E-state index in [1.165, 1.54) is 6.92 Å². The maximum absolute atomic E-state index is 13.3. The number of alkyl halides is 13. The molecule has 0 radical (unpaired) electrons. The third-order valence-corrected chi connectivity index (χ3v) is 3.41. The molecule has 0 aromatic rings. The van der Waals surface area contributed by atoms with Crippen LogP contribution in [0.4, 0.5) is 57.1 Å². The van der Waals surface area contributed by atoms with Gasteiger partial charge in [-0.2, -0.15) is 57.1 Å². The maximum Gasteiger partial charge on any atom is 0.460 e. The smallest absolute Gasteiger partial charge is 0.459 e. The summed E-state index contributed by atoms with van der Waals surface area (Å²) in [4.78, 5) is 11.1. The average Bonchev–Trinajstić information content (AvgIpc) is 2.49. The van der Waals surface area contributed by atoms with Gasteiger partial charge in [-0.25, -0.2) is 0 Å². The third kappa shape index (κ3) is 4.05. The van der Waals surface area contributed by atoms with Gasteiger partial charge >= 0.3 is 41.8 Å². The molecular weight excluding hydrogens is 423 g/mol. The molecule has 0 saturated carbocycles. The Hall–Kier alpha value is -1.44. The first kappa shape index (κ1) is 25.6. The molecule has 0 amide bonds. The zero-order chi connectivity index (χ0) is 22.3. The lowest BCUT2D eigenvalue weighted by Crippen LogP contribution is -2.70. The van der Waals surface area contributed by atoms with E-state index < -0.39 is 54.3 Å². The molecule has 15 heteroatoms. The monoisotopic (exact) mass is 434 g/mol. The first-order valence-corrected chi connectivity index (χ1v) is 6.74. The molecule has 0 aliphatic rings. The molecule has 162 valence electrons. The predicted octanol–water partition coefficient (Wildman–Crippen LogP) is 5.31. The molecule has 27 heavy (non-hydrogen) atoms. The van der Waals surface area contributed by atoms with Gasteiger partial charge in [-0.15, -0.1) is 0 Å². The highest BCUT2D eigenvalue weighted by molar-refractivity contribution is 5.71. The number of rotatable bonds is 8. The molecule has 1 atom stereocenters. The minimum absolute atomic E-state index is 0.104. The molecule has 1 unspecified atom stereocenters. The van der Waals surface area contributed by atoms with Gasteiger partial charge in [-0.05, 0) is 6.42 Å². The molecule has 0 fully saturated rings. The Morgan fingerprint density at radius 3 is 1.44 bits per heavy atom. The van der Waals surface area contributed by atoms with Crippen molar-refractivity contribution in [1.29, 1.82) is 0 Å². The summed E-state index contributed by atoms with van der Waals surface area (Å²) in [5, 5.41) is 0. The normalized spacial score (nSPS) is 16.3. The van der Waals surface area contributed by atoms with Gasteiger partial charge in [0.1, 0.15) is 0 Å². The molecule has 0 aliphatic carbocycles. The zero-order valence-electron chi connectivity index (χ0n) is 13.2. The minimum atomic E-state index is -7.97. The number of carbonyl (C=O) groups excluding carboxylic acids is 1. The molecule has 0 saturated heterocycles. The average molecular weight is 434 g/mol. The highest BCUT2D eigenvalue weighted by Gasteiger charge is 2.90. The molecule has 0 heterocycles. The van der Waals surface area contributed by atoms with Gasteiger partial charge in [0.15, 0.2) is 6.61 Å². The van der Waals surface area contributed by atoms with Crippen LogP contribution in [0.5, 0.6) is 0 Å². The molecule has 0 aliphatic heterocycles. The van der Waals surface area contributed by atoms with Crippen LogP contribution in [-0.4, -0.2) is 48.4 Å². The van der Waals surface area contributed by atoms with Crippen molar-refractivity contribution in [2.45, 2.75) is 56.1 Å². The second kappa shape index (κ2) is 7.18. The van der Waals surface area contributed by atoms with E-state index in [1.54, 1.807) is 0 Å². The number of esters is 1. The Balaban J connectivity index is 5.91. The standard InChI is InChI=1S/C12H11F13O2/c1-3-5(2)6(26)27-4-7(13,14)8(15,16)9(17,18)10(19,20)11(21,22)12(23,24)25/h5H,3-4H2,1-2H3. The van der Waals surface area contributed by atoms with E-state index in [9.17, 15) is 61.9 Å². The quantitative estimate of drug-likeness (QED) is 0.382. The SMILES string of the molecule is CCC(C)C(=O)OCC(F)(F)C(F)(F)C(F)(F)C(F)(F)C(F)(F)C(F)(F)F. The lowest BCUT2D eigenvalue weighted by atomic mass is 9.94. The lowest BCUT2D eigenvalue weighted by Gasteiger charge is -2.39. The fourth-order valence-corrected chi connectivity index (χ4v) is 1.36. The van der Waals surface area contributed by atoms with Gasteiger partial charge < -0.3 is 4.74 Å². The van der Waals surface area contributed by atoms with Crippen molar-refractivity contribution in [2.75, 3.05) is 6.61 Å². The summed E-state index contributed by atoms with van der Waals surface area (Å²) in [6.45, 7) is -0.662. The summed E-state index contributed by atoms with van der Waals surface area (Å²) in [5.41, 5.74) is 0. The van der Waals surface area contributed by atoms with Crippen LogP contribution in [0, 0.1) is 5.92 Å². The van der Waals surface area contributed by atoms with Crippen molar-refractivity contribution in [3.8, 4) is 0 Å². The highest BCUT2D eigenvalue weighted by Crippen LogP contribution is 2.60. The van der Waals surface area contributed by atoms with Crippen LogP contribution in [0.25, 0.3) is 0 Å². The van der Waals surface area contributed by atoms with Crippen LogP contribution < -0.4 is 0 Å². The summed E-state index contributed by atoms with van der Waals surface area (Å²) in [6, 6.07) is 0. The van der Waals surface area contributed by atoms with Crippen LogP contribution in [0.1, 0.15) is 20.3 Å². The van der Waals surface area contributed by atoms with E-state index in [0.717, 1.165) is 6.92 Å². The van der Waals surface area contributed by atoms with E-state index >= 15 is 0 Å². The fourth-order valence-electron chi connectivity index (χ4n) is 1.36. The molecular formula is C12H11F13O2. The number of carbonyl (C=O) groups is 1. The molecule has 0 aromatic heterocycles. The minimum Gasteiger partial charge on any atom is -0.459 e. The summed E-state index contributed by atoms with van der Waals surface area (Å²) in [5.74, 6) is -40.4. The molecule has 0 spiro atoms. The van der Waals surface area contributed by atoms with Crippen molar-refractivity contribution in [1.82, 2.24) is 0 Å². The summed E-state index contributed by atoms with van der Waals surface area (Å²) >= 11 is 0. The summed E-state index contributed by atoms with van der Waals surface area (Å²) in [6.07, 6.45) is -7.57. The highest BCUT2D eigenvalue weighted by atomic mass is 19.4. The molecule has 0 bridgehead atoms. The number of halogens is 13. The Bertz CT molecular complexity index is 538. The number of ether oxygens (including phenoxy) is 1. The Labute approximate surface area is 142 Å². The topological polar surface area (TPSA) is 26.3 Å². The van der Waals surface area contributed by atoms with Crippen LogP contribution >= 0.6 is 0 Å². The van der Waals surface area contributed by atoms with Crippen LogP contribution in [0.2, 0.25) is 0 Å². The first-order chi connectivity index (χ1) is 11.6. The predicted molar refractivity (Wildman–Crippen MR) is 61.2 cm³/mol. The Kier molecular flexibility index (Phi) is 6.80. The van der Waals surface area contributed by atoms with Gasteiger partial charge in [-0.3, -0.25) is 4.79 Å². The van der Waals surface area contributed by atoms with E-state index in [1.807, 2.05) is 0 Å². The van der Waals surface area contributed by atoms with E-state index in [4.69, 9.17) is 0 Å². The van der Waals surface area contributed by atoms with Crippen LogP contribution in [0.15, 0.2) is 0 Å². The van der Waals surface area contributed by atoms with E-state index in [-0.39, 0.29) is 6.42 Å². The van der Waals surface area contributed by atoms with Crippen molar-refractivity contribution in [3.63, 3.8) is 0 Å². The Morgan fingerprint density at radius 1 is 0.741 bits per heavy atom. The first-order valence-electron chi connectivity index (χ1n) is 6.74. The van der Waals surface area contributed by atoms with E-state index in [0.29, 0.717) is 0 Å². The van der Waals surface area contributed by atoms with Gasteiger partial charge in [0.05, 0.1) is 5.92 Å². The molecule has 0 aromatic carbocycles. The van der Waals surface area contributed by atoms with Crippen molar-refractivity contribution in [3.05, 3.63) is 0 Å². The number of hydrogen-bond donors (Lipinski definition) is 0. The van der Waals surface area contributed by atoms with Crippen LogP contribution in [0.3, 0.4) is 0 Å². The Morgan fingerprint density at radius 2 is 1.11 bits per heavy atom. The second-order valence-corrected chi connectivity index (χ2v) is 5.42. The van der Waals surface area contributed by atoms with Gasteiger partial charge in [-0.1, -0.05) is 13.8 Å². The van der Waals surface area contributed by atoms with Gasteiger partial charge in [0, 0.05) is 0 Å². The summed E-state index contributed by atoms with van der Waals surface area (Å²) < 4.78 is 170. The van der Waals surface area contributed by atoms with Crippen molar-refractivity contribution >= 4 is 5.97 Å². The second-order valence-electron chi connectivity index (χ2n) is 5.42. The van der Waals surface area contributed by atoms with Crippen LogP contribution in [-0.2, 0) is 9.53 Å². The van der Waals surface area contributed by atoms with E-state index in [2.05, 4.69) is 4.74 Å². The molecule has 0 N–H and O–H groups in total. The zero-order valence-corrected chi connectivity index (χ0v) is 13.2. The lowest BCUT2D eigenvalue weighted by molar-refractivity contribution is -0.441. The largest absolute Gasteiger partial charge is 0.460 e. The number of hydrogen-bond acceptors (Lipinski definition) is 2. The maximum atomic E-state index is 13.3. The third-order valence-electron chi connectivity index (χ3n) is 3.41. The van der Waals surface area contributed by atoms with Crippen molar-refractivity contribution < 1.29 is 66.6 Å². The van der Waals surface area contributed by atoms with Gasteiger partial charge in [0.25, 0.3) is 0 Å². The molecule has 2 nitrogen and oxygen atoms in total. The fraction of sp³-hybridized carbons (Fsp3) is 0.917. The van der Waals surface area contributed by atoms with Gasteiger partial charge in [0.2, 0.25) is 0 Å². The summed E-state index contributed by atoms with van der Waals surface area (Å²) in [7, 11) is 0.